The molecular formula is C14H15Cl2N3O3. The maximum Gasteiger partial charge on any atom is 0.413 e. The van der Waals surface area contributed by atoms with Gasteiger partial charge in [0.15, 0.2) is 0 Å². The van der Waals surface area contributed by atoms with Crippen LogP contribution in [-0.2, 0) is 11.3 Å². The molecule has 1 aromatic carbocycles. The number of nitrogens with one attached hydrogen (secondary N) is 1. The Hall–Kier alpha value is -1.92. The number of methoxy groups -OCH3 is 1. The second-order valence-electron chi connectivity index (χ2n) is 4.51. The van der Waals surface area contributed by atoms with E-state index in [1.165, 1.54) is 12.0 Å². The van der Waals surface area contributed by atoms with Gasteiger partial charge in [0, 0.05) is 17.6 Å². The highest BCUT2D eigenvalue weighted by Crippen LogP contribution is 2.34. The number of rotatable bonds is 4. The maximum absolute atomic E-state index is 11.6. The van der Waals surface area contributed by atoms with Gasteiger partial charge in [0.2, 0.25) is 5.88 Å². The van der Waals surface area contributed by atoms with Crippen molar-refractivity contribution < 1.29 is 14.3 Å². The standard InChI is InChI=1S/C14H15Cl2N3O3/c1-8-17-6-12(18-8)22-7-9-10(15)4-5-11(13(9)16)19(2)14(20)21-3/h4-6H,7H2,1-3H3,(H,17,18). The van der Waals surface area contributed by atoms with E-state index in [0.717, 1.165) is 5.82 Å². The predicted molar refractivity (Wildman–Crippen MR) is 84.9 cm³/mol. The van der Waals surface area contributed by atoms with Crippen molar-refractivity contribution in [3.05, 3.63) is 39.8 Å². The van der Waals surface area contributed by atoms with Crippen LogP contribution in [0.3, 0.4) is 0 Å². The highest BCUT2D eigenvalue weighted by Gasteiger charge is 2.18. The molecule has 0 atom stereocenters. The summed E-state index contributed by atoms with van der Waals surface area (Å²) < 4.78 is 10.2. The van der Waals surface area contributed by atoms with Crippen molar-refractivity contribution in [2.75, 3.05) is 19.1 Å². The lowest BCUT2D eigenvalue weighted by Crippen LogP contribution is -2.26. The van der Waals surface area contributed by atoms with E-state index in [1.54, 1.807) is 25.4 Å². The molecule has 1 heterocycles. The van der Waals surface area contributed by atoms with Gasteiger partial charge in [-0.05, 0) is 19.1 Å². The van der Waals surface area contributed by atoms with Crippen LogP contribution < -0.4 is 9.64 Å². The van der Waals surface area contributed by atoms with Crippen molar-refractivity contribution in [2.45, 2.75) is 13.5 Å². The van der Waals surface area contributed by atoms with Crippen molar-refractivity contribution >= 4 is 35.0 Å². The first kappa shape index (κ1) is 16.5. The number of H-pyrrole nitrogens is 1. The summed E-state index contributed by atoms with van der Waals surface area (Å²) in [6, 6.07) is 3.30. The zero-order valence-corrected chi connectivity index (χ0v) is 13.8. The highest BCUT2D eigenvalue weighted by atomic mass is 35.5. The Morgan fingerprint density at radius 2 is 2.14 bits per heavy atom. The Bertz CT molecular complexity index is 688. The molecule has 1 N–H and O–H groups in total. The predicted octanol–water partition coefficient (Wildman–Crippen LogP) is 3.81. The van der Waals surface area contributed by atoms with Crippen LogP contribution in [0.25, 0.3) is 0 Å². The average Bonchev–Trinajstić information content (AvgIpc) is 2.91. The molecule has 6 nitrogen and oxygen atoms in total. The molecule has 0 radical (unpaired) electrons. The number of aromatic amines is 1. The number of hydrogen-bond acceptors (Lipinski definition) is 4. The van der Waals surface area contributed by atoms with Crippen LogP contribution in [-0.4, -0.2) is 30.2 Å². The second-order valence-corrected chi connectivity index (χ2v) is 5.29. The van der Waals surface area contributed by atoms with Gasteiger partial charge < -0.3 is 14.5 Å². The van der Waals surface area contributed by atoms with E-state index in [0.29, 0.717) is 27.2 Å². The minimum absolute atomic E-state index is 0.141. The number of carbonyl (C=O) groups is 1. The van der Waals surface area contributed by atoms with Gasteiger partial charge in [0.25, 0.3) is 0 Å². The number of carbonyl (C=O) groups excluding carboxylic acids is 1. The quantitative estimate of drug-likeness (QED) is 0.916. The molecule has 0 spiro atoms. The van der Waals surface area contributed by atoms with Gasteiger partial charge in [-0.25, -0.2) is 9.78 Å². The molecule has 0 aliphatic rings. The van der Waals surface area contributed by atoms with Crippen molar-refractivity contribution in [1.82, 2.24) is 9.97 Å². The molecule has 2 aromatic rings. The first-order valence-corrected chi connectivity index (χ1v) is 7.12. The van der Waals surface area contributed by atoms with Gasteiger partial charge in [-0.15, -0.1) is 0 Å². The summed E-state index contributed by atoms with van der Waals surface area (Å²) >= 11 is 12.5. The van der Waals surface area contributed by atoms with Gasteiger partial charge in [-0.3, -0.25) is 4.90 Å². The monoisotopic (exact) mass is 343 g/mol. The van der Waals surface area contributed by atoms with E-state index >= 15 is 0 Å². The smallest absolute Gasteiger partial charge is 0.413 e. The van der Waals surface area contributed by atoms with Crippen molar-refractivity contribution in [3.8, 4) is 5.88 Å². The molecule has 0 aliphatic carbocycles. The molecule has 118 valence electrons. The van der Waals surface area contributed by atoms with Gasteiger partial charge in [0.1, 0.15) is 12.4 Å². The summed E-state index contributed by atoms with van der Waals surface area (Å²) in [5, 5.41) is 0.778. The van der Waals surface area contributed by atoms with Gasteiger partial charge >= 0.3 is 6.09 Å². The molecule has 0 bridgehead atoms. The summed E-state index contributed by atoms with van der Waals surface area (Å²) in [5.74, 6) is 1.25. The second kappa shape index (κ2) is 6.89. The molecule has 0 aliphatic heterocycles. The lowest BCUT2D eigenvalue weighted by molar-refractivity contribution is 0.180. The van der Waals surface area contributed by atoms with Crippen LogP contribution in [0.4, 0.5) is 10.5 Å². The number of anilines is 1. The number of halogens is 2. The van der Waals surface area contributed by atoms with E-state index in [-0.39, 0.29) is 6.61 Å². The minimum Gasteiger partial charge on any atom is -0.473 e. The lowest BCUT2D eigenvalue weighted by atomic mass is 10.2. The number of hydrogen-bond donors (Lipinski definition) is 1. The normalized spacial score (nSPS) is 10.4. The number of aromatic nitrogens is 2. The van der Waals surface area contributed by atoms with Crippen LogP contribution in [0.5, 0.6) is 5.88 Å². The minimum atomic E-state index is -0.528. The Balaban J connectivity index is 2.25. The largest absolute Gasteiger partial charge is 0.473 e. The van der Waals surface area contributed by atoms with Gasteiger partial charge in [-0.2, -0.15) is 0 Å². The number of aryl methyl sites for hydroxylation is 1. The first-order chi connectivity index (χ1) is 10.4. The Kier molecular flexibility index (Phi) is 5.15. The fraction of sp³-hybridized carbons (Fsp3) is 0.286. The summed E-state index contributed by atoms with van der Waals surface area (Å²) in [6.45, 7) is 1.96. The van der Waals surface area contributed by atoms with Crippen LogP contribution in [0.1, 0.15) is 11.4 Å². The molecule has 1 amide bonds. The summed E-state index contributed by atoms with van der Waals surface area (Å²) in [6.07, 6.45) is 1.04. The molecule has 0 saturated carbocycles. The third-order valence-corrected chi connectivity index (χ3v) is 3.80. The van der Waals surface area contributed by atoms with E-state index in [2.05, 4.69) is 14.7 Å². The van der Waals surface area contributed by atoms with Crippen LogP contribution in [0.2, 0.25) is 10.0 Å². The summed E-state index contributed by atoms with van der Waals surface area (Å²) in [4.78, 5) is 19.9. The highest BCUT2D eigenvalue weighted by molar-refractivity contribution is 6.38. The van der Waals surface area contributed by atoms with E-state index in [9.17, 15) is 4.79 Å². The van der Waals surface area contributed by atoms with Crippen LogP contribution >= 0.6 is 23.2 Å². The molecule has 0 saturated heterocycles. The number of benzene rings is 1. The van der Waals surface area contributed by atoms with Gasteiger partial charge in [0.05, 0.1) is 24.0 Å². The van der Waals surface area contributed by atoms with E-state index < -0.39 is 6.09 Å². The van der Waals surface area contributed by atoms with E-state index in [4.69, 9.17) is 27.9 Å². The van der Waals surface area contributed by atoms with Gasteiger partial charge in [-0.1, -0.05) is 23.2 Å². The molecular weight excluding hydrogens is 329 g/mol. The first-order valence-electron chi connectivity index (χ1n) is 6.37. The SMILES string of the molecule is COC(=O)N(C)c1ccc(Cl)c(COc2cnc(C)[nH]2)c1Cl. The van der Waals surface area contributed by atoms with Crippen molar-refractivity contribution in [2.24, 2.45) is 0 Å². The summed E-state index contributed by atoms with van der Waals surface area (Å²) in [5.41, 5.74) is 1.06. The third kappa shape index (κ3) is 3.45. The molecule has 22 heavy (non-hydrogen) atoms. The molecule has 1 aromatic heterocycles. The number of ether oxygens (including phenoxy) is 2. The zero-order valence-electron chi connectivity index (χ0n) is 12.3. The van der Waals surface area contributed by atoms with Crippen molar-refractivity contribution in [3.63, 3.8) is 0 Å². The van der Waals surface area contributed by atoms with Crippen LogP contribution in [0.15, 0.2) is 18.3 Å². The average molecular weight is 344 g/mol. The van der Waals surface area contributed by atoms with Crippen molar-refractivity contribution in [1.29, 1.82) is 0 Å². The summed E-state index contributed by atoms with van der Waals surface area (Å²) in [7, 11) is 2.86. The number of imidazole rings is 1. The Morgan fingerprint density at radius 3 is 2.73 bits per heavy atom. The molecule has 8 heteroatoms. The molecule has 2 rings (SSSR count). The fourth-order valence-electron chi connectivity index (χ4n) is 1.83. The molecule has 0 fully saturated rings. The topological polar surface area (TPSA) is 67.4 Å². The molecule has 0 unspecified atom stereocenters. The third-order valence-electron chi connectivity index (χ3n) is 3.03. The Morgan fingerprint density at radius 1 is 1.41 bits per heavy atom. The number of nitrogens with zero attached hydrogens (tertiary/aromatic N) is 2. The fourth-order valence-corrected chi connectivity index (χ4v) is 2.44. The van der Waals surface area contributed by atoms with E-state index in [1.807, 2.05) is 6.92 Å². The maximum atomic E-state index is 11.6. The number of amides is 1. The Labute approximate surface area is 137 Å². The lowest BCUT2D eigenvalue weighted by Gasteiger charge is -2.19. The zero-order chi connectivity index (χ0) is 16.3. The van der Waals surface area contributed by atoms with Crippen LogP contribution in [0, 0.1) is 6.92 Å².